The lowest BCUT2D eigenvalue weighted by Gasteiger charge is -2.22. The first-order valence-corrected chi connectivity index (χ1v) is 11.5. The molecule has 2 amide bonds. The number of carbonyl (C=O) groups is 3. The second-order valence-electron chi connectivity index (χ2n) is 7.43. The molecule has 1 aromatic rings. The predicted octanol–water partition coefficient (Wildman–Crippen LogP) is 4.26. The Hall–Kier alpha value is -0.960. The first-order valence-electron chi connectivity index (χ1n) is 9.56. The second kappa shape index (κ2) is 11.8. The molecular formula is C19H22Cl5N3O4. The van der Waals surface area contributed by atoms with Crippen molar-refractivity contribution in [2.75, 3.05) is 13.1 Å². The van der Waals surface area contributed by atoms with Crippen LogP contribution in [0.4, 0.5) is 0 Å². The molecule has 12 heteroatoms. The summed E-state index contributed by atoms with van der Waals surface area (Å²) < 4.78 is 5.12. The minimum atomic E-state index is -0.862. The molecule has 1 aliphatic rings. The van der Waals surface area contributed by atoms with Crippen molar-refractivity contribution in [2.24, 2.45) is 5.92 Å². The highest BCUT2D eigenvalue weighted by Gasteiger charge is 2.28. The summed E-state index contributed by atoms with van der Waals surface area (Å²) in [5.41, 5.74) is 0. The van der Waals surface area contributed by atoms with Crippen LogP contribution in [0, 0.1) is 5.92 Å². The van der Waals surface area contributed by atoms with Crippen molar-refractivity contribution >= 4 is 75.8 Å². The van der Waals surface area contributed by atoms with Gasteiger partial charge in [-0.25, -0.2) is 4.79 Å². The van der Waals surface area contributed by atoms with Crippen LogP contribution in [0.15, 0.2) is 0 Å². The second-order valence-corrected chi connectivity index (χ2v) is 9.32. The van der Waals surface area contributed by atoms with E-state index in [0.29, 0.717) is 12.8 Å². The smallest absolute Gasteiger partial charge is 0.330 e. The maximum absolute atomic E-state index is 12.6. The van der Waals surface area contributed by atoms with Crippen molar-refractivity contribution in [2.45, 2.75) is 45.2 Å². The lowest BCUT2D eigenvalue weighted by molar-refractivity contribution is -0.136. The van der Waals surface area contributed by atoms with Gasteiger partial charge in [0.25, 0.3) is 0 Å². The zero-order chi connectivity index (χ0) is 23.3. The molecule has 0 aromatic heterocycles. The van der Waals surface area contributed by atoms with Gasteiger partial charge < -0.3 is 20.7 Å². The molecule has 172 valence electrons. The van der Waals surface area contributed by atoms with Crippen LogP contribution in [0.1, 0.15) is 33.1 Å². The first-order chi connectivity index (χ1) is 14.5. The highest BCUT2D eigenvalue weighted by atomic mass is 35.5. The Morgan fingerprint density at radius 2 is 1.61 bits per heavy atom. The molecule has 0 spiro atoms. The zero-order valence-electron chi connectivity index (χ0n) is 16.8. The maximum atomic E-state index is 12.6. The minimum Gasteiger partial charge on any atom is -0.422 e. The van der Waals surface area contributed by atoms with Crippen molar-refractivity contribution in [1.82, 2.24) is 16.0 Å². The molecule has 0 bridgehead atoms. The molecule has 31 heavy (non-hydrogen) atoms. The number of esters is 1. The third kappa shape index (κ3) is 7.01. The summed E-state index contributed by atoms with van der Waals surface area (Å²) in [6.45, 7) is 4.11. The average Bonchev–Trinajstić information content (AvgIpc) is 3.26. The highest BCUT2D eigenvalue weighted by molar-refractivity contribution is 6.55. The molecule has 7 nitrogen and oxygen atoms in total. The Morgan fingerprint density at radius 1 is 1.03 bits per heavy atom. The molecule has 1 aromatic carbocycles. The van der Waals surface area contributed by atoms with Crippen LogP contribution in [0.5, 0.6) is 5.75 Å². The molecule has 0 aliphatic carbocycles. The molecule has 2 rings (SSSR count). The van der Waals surface area contributed by atoms with E-state index < -0.39 is 24.5 Å². The number of ether oxygens (including phenoxy) is 1. The van der Waals surface area contributed by atoms with E-state index in [-0.39, 0.29) is 48.7 Å². The third-order valence-electron chi connectivity index (χ3n) is 4.51. The fraction of sp³-hybridized carbons (Fsp3) is 0.526. The Bertz CT molecular complexity index is 830. The fourth-order valence-electron chi connectivity index (χ4n) is 2.99. The van der Waals surface area contributed by atoms with E-state index in [1.807, 2.05) is 13.8 Å². The van der Waals surface area contributed by atoms with E-state index in [2.05, 4.69) is 16.0 Å². The largest absolute Gasteiger partial charge is 0.422 e. The van der Waals surface area contributed by atoms with Gasteiger partial charge in [-0.05, 0) is 31.7 Å². The predicted molar refractivity (Wildman–Crippen MR) is 123 cm³/mol. The van der Waals surface area contributed by atoms with E-state index in [1.165, 1.54) is 0 Å². The Morgan fingerprint density at radius 3 is 2.13 bits per heavy atom. The van der Waals surface area contributed by atoms with Crippen LogP contribution in [-0.4, -0.2) is 43.0 Å². The van der Waals surface area contributed by atoms with Gasteiger partial charge in [0.1, 0.15) is 22.6 Å². The van der Waals surface area contributed by atoms with Gasteiger partial charge >= 0.3 is 5.97 Å². The van der Waals surface area contributed by atoms with Gasteiger partial charge in [-0.2, -0.15) is 0 Å². The number of nitrogens with one attached hydrogen (secondary N) is 3. The number of halogens is 5. The van der Waals surface area contributed by atoms with Gasteiger partial charge in [0, 0.05) is 0 Å². The molecule has 0 saturated carbocycles. The summed E-state index contributed by atoms with van der Waals surface area (Å²) in [5.74, 6) is -1.75. The molecule has 3 N–H and O–H groups in total. The van der Waals surface area contributed by atoms with Crippen LogP contribution >= 0.6 is 58.0 Å². The number of rotatable bonds is 8. The molecule has 0 radical (unpaired) electrons. The monoisotopic (exact) mass is 531 g/mol. The van der Waals surface area contributed by atoms with Gasteiger partial charge in [-0.1, -0.05) is 71.9 Å². The topological polar surface area (TPSA) is 96.5 Å². The summed E-state index contributed by atoms with van der Waals surface area (Å²) in [6.07, 6.45) is 2.01. The number of benzene rings is 1. The molecule has 2 atom stereocenters. The Balaban J connectivity index is 2.00. The maximum Gasteiger partial charge on any atom is 0.330 e. The summed E-state index contributed by atoms with van der Waals surface area (Å²) in [5, 5.41) is 7.60. The summed E-state index contributed by atoms with van der Waals surface area (Å²) in [6, 6.07) is -1.12. The number of hydrogen-bond donors (Lipinski definition) is 3. The van der Waals surface area contributed by atoms with Crippen molar-refractivity contribution in [1.29, 1.82) is 0 Å². The normalized spacial score (nSPS) is 16.8. The van der Waals surface area contributed by atoms with E-state index in [1.54, 1.807) is 0 Å². The molecule has 1 fully saturated rings. The van der Waals surface area contributed by atoms with Crippen molar-refractivity contribution < 1.29 is 19.1 Å². The highest BCUT2D eigenvalue weighted by Crippen LogP contribution is 2.48. The van der Waals surface area contributed by atoms with Gasteiger partial charge in [0.2, 0.25) is 11.8 Å². The van der Waals surface area contributed by atoms with Crippen molar-refractivity contribution in [3.63, 3.8) is 0 Å². The number of hydrogen-bond acceptors (Lipinski definition) is 5. The van der Waals surface area contributed by atoms with Gasteiger partial charge in [-0.15, -0.1) is 0 Å². The first kappa shape index (κ1) is 26.3. The van der Waals surface area contributed by atoms with E-state index >= 15 is 0 Å². The Kier molecular flexibility index (Phi) is 9.98. The van der Waals surface area contributed by atoms with Gasteiger partial charge in [-0.3, -0.25) is 9.59 Å². The van der Waals surface area contributed by atoms with Crippen LogP contribution in [0.2, 0.25) is 25.1 Å². The minimum absolute atomic E-state index is 0.0737. The SMILES string of the molecule is CC(C)C[C@H](NC(=O)[C@@H]1CCCN1)C(=O)NCC(=O)Oc1c(Cl)c(Cl)c(Cl)c(Cl)c1Cl. The molecule has 1 saturated heterocycles. The lowest BCUT2D eigenvalue weighted by atomic mass is 10.0. The number of carbonyl (C=O) groups excluding carboxylic acids is 3. The quantitative estimate of drug-likeness (QED) is 0.201. The van der Waals surface area contributed by atoms with Gasteiger partial charge in [0.05, 0.1) is 21.1 Å². The van der Waals surface area contributed by atoms with Crippen molar-refractivity contribution in [3.05, 3.63) is 25.1 Å². The van der Waals surface area contributed by atoms with Crippen LogP contribution in [-0.2, 0) is 14.4 Å². The van der Waals surface area contributed by atoms with E-state index in [9.17, 15) is 14.4 Å². The standard InChI is InChI=1S/C19H22Cl5N3O4/c1-8(2)6-10(27-19(30)9-4-3-5-25-9)18(29)26-7-11(28)31-17-15(23)13(21)12(20)14(22)16(17)24/h8-10,25H,3-7H2,1-2H3,(H,26,29)(H,27,30)/t9-,10-/m0/s1. The summed E-state index contributed by atoms with van der Waals surface area (Å²) in [7, 11) is 0. The lowest BCUT2D eigenvalue weighted by Crippen LogP contribution is -2.52. The van der Waals surface area contributed by atoms with Crippen molar-refractivity contribution in [3.8, 4) is 5.75 Å². The number of amides is 2. The van der Waals surface area contributed by atoms with Crippen LogP contribution < -0.4 is 20.7 Å². The Labute approximate surface area is 205 Å². The molecule has 0 unspecified atom stereocenters. The summed E-state index contributed by atoms with van der Waals surface area (Å²) in [4.78, 5) is 37.2. The van der Waals surface area contributed by atoms with Crippen LogP contribution in [0.25, 0.3) is 0 Å². The van der Waals surface area contributed by atoms with Gasteiger partial charge in [0.15, 0.2) is 5.75 Å². The molecule has 1 heterocycles. The zero-order valence-corrected chi connectivity index (χ0v) is 20.6. The van der Waals surface area contributed by atoms with Crippen LogP contribution in [0.3, 0.4) is 0 Å². The van der Waals surface area contributed by atoms with E-state index in [0.717, 1.165) is 13.0 Å². The molecule has 1 aliphatic heterocycles. The average molecular weight is 534 g/mol. The third-order valence-corrected chi connectivity index (χ3v) is 6.75. The summed E-state index contributed by atoms with van der Waals surface area (Å²) >= 11 is 29.9. The molecular weight excluding hydrogens is 511 g/mol. The fourth-order valence-corrected chi connectivity index (χ4v) is 4.19. The van der Waals surface area contributed by atoms with E-state index in [4.69, 9.17) is 62.7 Å².